The van der Waals surface area contributed by atoms with Gasteiger partial charge in [0.15, 0.2) is 0 Å². The molecule has 1 heterocycles. The number of fused-ring (bicyclic) bond motifs is 1. The molecule has 0 aromatic heterocycles. The van der Waals surface area contributed by atoms with Crippen LogP contribution in [0.25, 0.3) is 0 Å². The molecule has 0 spiro atoms. The fourth-order valence-corrected chi connectivity index (χ4v) is 3.23. The van der Waals surface area contributed by atoms with Gasteiger partial charge in [-0.2, -0.15) is 0 Å². The molecular weight excluding hydrogens is 224 g/mol. The first-order chi connectivity index (χ1) is 8.19. The fraction of sp³-hybridized carbons (Fsp3) is 0.667. The van der Waals surface area contributed by atoms with Gasteiger partial charge in [0.1, 0.15) is 0 Å². The Morgan fingerprint density at radius 2 is 1.41 bits per heavy atom. The predicted octanol–water partition coefficient (Wildman–Crippen LogP) is 0.436. The Morgan fingerprint density at radius 3 is 1.76 bits per heavy atom. The molecule has 1 saturated carbocycles. The van der Waals surface area contributed by atoms with Gasteiger partial charge >= 0.3 is 11.9 Å². The van der Waals surface area contributed by atoms with Gasteiger partial charge < -0.3 is 14.2 Å². The van der Waals surface area contributed by atoms with Crippen molar-refractivity contribution < 1.29 is 23.8 Å². The summed E-state index contributed by atoms with van der Waals surface area (Å²) in [5.41, 5.74) is 0.962. The zero-order valence-electron chi connectivity index (χ0n) is 9.76. The average molecular weight is 238 g/mol. The van der Waals surface area contributed by atoms with E-state index in [0.29, 0.717) is 11.1 Å². The van der Waals surface area contributed by atoms with Crippen LogP contribution in [-0.2, 0) is 23.8 Å². The number of ether oxygens (including phenoxy) is 3. The maximum atomic E-state index is 11.8. The summed E-state index contributed by atoms with van der Waals surface area (Å²) in [7, 11) is 2.66. The van der Waals surface area contributed by atoms with Gasteiger partial charge in [-0.1, -0.05) is 0 Å². The molecule has 0 unspecified atom stereocenters. The lowest BCUT2D eigenvalue weighted by Crippen LogP contribution is -2.39. The smallest absolute Gasteiger partial charge is 0.334 e. The van der Waals surface area contributed by atoms with Crippen molar-refractivity contribution in [3.8, 4) is 0 Å². The summed E-state index contributed by atoms with van der Waals surface area (Å²) in [4.78, 5) is 23.6. The first kappa shape index (κ1) is 10.8. The number of carbonyl (C=O) groups excluding carboxylic acids is 2. The Labute approximate surface area is 98.7 Å². The summed E-state index contributed by atoms with van der Waals surface area (Å²) in [6.45, 7) is 0. The monoisotopic (exact) mass is 238 g/mol. The molecule has 0 amide bonds. The van der Waals surface area contributed by atoms with E-state index in [-0.39, 0.29) is 24.0 Å². The van der Waals surface area contributed by atoms with Crippen molar-refractivity contribution in [1.29, 1.82) is 0 Å². The molecular formula is C12H14O5. The minimum atomic E-state index is -0.422. The van der Waals surface area contributed by atoms with Gasteiger partial charge in [-0.05, 0) is 12.8 Å². The number of rotatable bonds is 2. The molecule has 4 rings (SSSR count). The number of hydrogen-bond donors (Lipinski definition) is 0. The number of carbonyl (C=O) groups is 2. The Morgan fingerprint density at radius 1 is 1.00 bits per heavy atom. The van der Waals surface area contributed by atoms with Gasteiger partial charge in [0.2, 0.25) is 0 Å². The summed E-state index contributed by atoms with van der Waals surface area (Å²) in [6, 6.07) is 0. The number of hydrogen-bond acceptors (Lipinski definition) is 5. The van der Waals surface area contributed by atoms with Crippen LogP contribution in [0.15, 0.2) is 11.1 Å². The second-order valence-electron chi connectivity index (χ2n) is 4.67. The van der Waals surface area contributed by atoms with E-state index in [1.54, 1.807) is 0 Å². The van der Waals surface area contributed by atoms with Gasteiger partial charge in [0, 0.05) is 11.8 Å². The zero-order chi connectivity index (χ0) is 12.2. The maximum Gasteiger partial charge on any atom is 0.334 e. The van der Waals surface area contributed by atoms with E-state index in [1.165, 1.54) is 14.2 Å². The highest BCUT2D eigenvalue weighted by Crippen LogP contribution is 2.55. The minimum Gasteiger partial charge on any atom is -0.466 e. The maximum absolute atomic E-state index is 11.8. The van der Waals surface area contributed by atoms with E-state index in [4.69, 9.17) is 14.2 Å². The van der Waals surface area contributed by atoms with E-state index >= 15 is 0 Å². The summed E-state index contributed by atoms with van der Waals surface area (Å²) < 4.78 is 15.1. The van der Waals surface area contributed by atoms with Crippen molar-refractivity contribution in [2.75, 3.05) is 14.2 Å². The van der Waals surface area contributed by atoms with Crippen molar-refractivity contribution >= 4 is 11.9 Å². The SMILES string of the molecule is COC(=O)C1=C(C(=O)OC)[C@@H]2CC[C@H]1[C@@H]1O[C@@H]12. The molecule has 1 aliphatic heterocycles. The minimum absolute atomic E-state index is 0.00606. The Bertz CT molecular complexity index is 387. The third kappa shape index (κ3) is 1.35. The van der Waals surface area contributed by atoms with Crippen LogP contribution in [0.5, 0.6) is 0 Å². The highest BCUT2D eigenvalue weighted by atomic mass is 16.6. The Balaban J connectivity index is 2.07. The molecule has 0 N–H and O–H groups in total. The van der Waals surface area contributed by atoms with Gasteiger partial charge in [-0.15, -0.1) is 0 Å². The second-order valence-corrected chi connectivity index (χ2v) is 4.67. The van der Waals surface area contributed by atoms with Crippen LogP contribution < -0.4 is 0 Å². The fourth-order valence-electron chi connectivity index (χ4n) is 3.23. The molecule has 5 nitrogen and oxygen atoms in total. The van der Waals surface area contributed by atoms with E-state index < -0.39 is 11.9 Å². The quantitative estimate of drug-likeness (QED) is 0.516. The van der Waals surface area contributed by atoms with Crippen LogP contribution >= 0.6 is 0 Å². The standard InChI is InChI=1S/C12H14O5/c1-15-11(13)7-5-3-4-6(10-9(5)17-10)8(7)12(14)16-2/h5-6,9-10H,3-4H2,1-2H3/t5-,6+,9+,10-. The Hall–Kier alpha value is -1.36. The summed E-state index contributed by atoms with van der Waals surface area (Å²) >= 11 is 0. The lowest BCUT2D eigenvalue weighted by Gasteiger charge is -2.34. The molecule has 17 heavy (non-hydrogen) atoms. The van der Waals surface area contributed by atoms with Gasteiger partial charge in [0.05, 0.1) is 37.6 Å². The molecule has 4 aliphatic rings. The highest BCUT2D eigenvalue weighted by Gasteiger charge is 2.61. The molecule has 5 heteroatoms. The van der Waals surface area contributed by atoms with Crippen LogP contribution in [0.2, 0.25) is 0 Å². The van der Waals surface area contributed by atoms with Crippen molar-refractivity contribution in [1.82, 2.24) is 0 Å². The van der Waals surface area contributed by atoms with E-state index in [1.807, 2.05) is 0 Å². The molecule has 1 saturated heterocycles. The molecule has 2 bridgehead atoms. The first-order valence-corrected chi connectivity index (χ1v) is 5.75. The molecule has 0 radical (unpaired) electrons. The van der Waals surface area contributed by atoms with Crippen LogP contribution in [0, 0.1) is 11.8 Å². The van der Waals surface area contributed by atoms with Crippen LogP contribution in [-0.4, -0.2) is 38.4 Å². The number of esters is 2. The predicted molar refractivity (Wildman–Crippen MR) is 55.9 cm³/mol. The van der Waals surface area contributed by atoms with E-state index in [2.05, 4.69) is 0 Å². The largest absolute Gasteiger partial charge is 0.466 e. The Kier molecular flexibility index (Phi) is 2.26. The highest BCUT2D eigenvalue weighted by molar-refractivity contribution is 6.02. The molecule has 2 fully saturated rings. The van der Waals surface area contributed by atoms with Crippen molar-refractivity contribution in [2.24, 2.45) is 11.8 Å². The summed E-state index contributed by atoms with van der Waals surface area (Å²) in [5.74, 6) is -0.832. The van der Waals surface area contributed by atoms with Gasteiger partial charge in [-0.25, -0.2) is 9.59 Å². The lowest BCUT2D eigenvalue weighted by molar-refractivity contribution is -0.141. The van der Waals surface area contributed by atoms with Crippen LogP contribution in [0.4, 0.5) is 0 Å². The van der Waals surface area contributed by atoms with Crippen molar-refractivity contribution in [2.45, 2.75) is 25.0 Å². The zero-order valence-corrected chi connectivity index (χ0v) is 9.76. The van der Waals surface area contributed by atoms with Crippen molar-refractivity contribution in [3.63, 3.8) is 0 Å². The molecule has 3 aliphatic carbocycles. The van der Waals surface area contributed by atoms with Gasteiger partial charge in [-0.3, -0.25) is 0 Å². The number of methoxy groups -OCH3 is 2. The summed E-state index contributed by atoms with van der Waals surface area (Å²) in [5, 5.41) is 0. The molecule has 0 aromatic rings. The normalized spacial score (nSPS) is 37.5. The van der Waals surface area contributed by atoms with Crippen molar-refractivity contribution in [3.05, 3.63) is 11.1 Å². The molecule has 0 aromatic carbocycles. The second kappa shape index (κ2) is 3.57. The topological polar surface area (TPSA) is 65.1 Å². The molecule has 4 atom stereocenters. The number of epoxide rings is 1. The lowest BCUT2D eigenvalue weighted by atomic mass is 9.67. The third-order valence-corrected chi connectivity index (χ3v) is 3.99. The first-order valence-electron chi connectivity index (χ1n) is 5.75. The summed E-state index contributed by atoms with van der Waals surface area (Å²) in [6.07, 6.45) is 1.99. The third-order valence-electron chi connectivity index (χ3n) is 3.99. The average Bonchev–Trinajstić information content (AvgIpc) is 3.17. The molecule has 92 valence electrons. The van der Waals surface area contributed by atoms with Crippen LogP contribution in [0.3, 0.4) is 0 Å². The van der Waals surface area contributed by atoms with Crippen LogP contribution in [0.1, 0.15) is 12.8 Å². The van der Waals surface area contributed by atoms with E-state index in [9.17, 15) is 9.59 Å². The van der Waals surface area contributed by atoms with Gasteiger partial charge in [0.25, 0.3) is 0 Å². The van der Waals surface area contributed by atoms with E-state index in [0.717, 1.165) is 12.8 Å².